The molecule has 1 aliphatic rings. The van der Waals surface area contributed by atoms with Gasteiger partial charge >= 0.3 is 0 Å². The third kappa shape index (κ3) is 1.15. The number of aromatic amines is 1. The van der Waals surface area contributed by atoms with Crippen LogP contribution in [0.15, 0.2) is 4.79 Å². The van der Waals surface area contributed by atoms with Crippen LogP contribution in [0.2, 0.25) is 0 Å². The molecule has 5 nitrogen and oxygen atoms in total. The van der Waals surface area contributed by atoms with Crippen molar-refractivity contribution in [2.75, 3.05) is 6.61 Å². The van der Waals surface area contributed by atoms with Crippen LogP contribution < -0.4 is 5.56 Å². The fourth-order valence-corrected chi connectivity index (χ4v) is 2.07. The van der Waals surface area contributed by atoms with Crippen molar-refractivity contribution >= 4 is 5.65 Å². The molecule has 0 aliphatic carbocycles. The molecule has 0 bridgehead atoms. The van der Waals surface area contributed by atoms with Gasteiger partial charge < -0.3 is 4.74 Å². The zero-order valence-electron chi connectivity index (χ0n) is 9.33. The Morgan fingerprint density at radius 1 is 1.44 bits per heavy atom. The quantitative estimate of drug-likeness (QED) is 0.710. The van der Waals surface area contributed by atoms with Crippen LogP contribution in [0.4, 0.5) is 0 Å². The standard InChI is InChI=1S/C11H13N3O2/c1-6-7(2)13-14-10(6)12-9-3-4-16-5-8(9)11(14)15/h13H,3-5H2,1-2H3. The molecular formula is C11H13N3O2. The Morgan fingerprint density at radius 3 is 3.06 bits per heavy atom. The Balaban J connectivity index is 2.44. The number of aryl methyl sites for hydroxylation is 2. The molecule has 3 heterocycles. The maximum Gasteiger partial charge on any atom is 0.278 e. The van der Waals surface area contributed by atoms with E-state index in [0.29, 0.717) is 18.8 Å². The van der Waals surface area contributed by atoms with E-state index in [1.807, 2.05) is 13.8 Å². The van der Waals surface area contributed by atoms with E-state index in [2.05, 4.69) is 10.1 Å². The Kier molecular flexibility index (Phi) is 1.91. The second-order valence-electron chi connectivity index (χ2n) is 4.17. The van der Waals surface area contributed by atoms with Gasteiger partial charge in [0, 0.05) is 17.7 Å². The Bertz CT molecular complexity index is 624. The molecule has 0 amide bonds. The zero-order chi connectivity index (χ0) is 11.3. The monoisotopic (exact) mass is 219 g/mol. The third-order valence-corrected chi connectivity index (χ3v) is 3.17. The molecule has 2 aromatic rings. The van der Waals surface area contributed by atoms with Gasteiger partial charge in [-0.25, -0.2) is 9.50 Å². The minimum atomic E-state index is -0.0316. The number of fused-ring (bicyclic) bond motifs is 2. The van der Waals surface area contributed by atoms with Gasteiger partial charge in [-0.1, -0.05) is 0 Å². The summed E-state index contributed by atoms with van der Waals surface area (Å²) in [5, 5.41) is 3.03. The second kappa shape index (κ2) is 3.18. The summed E-state index contributed by atoms with van der Waals surface area (Å²) in [5.41, 5.74) is 4.29. The summed E-state index contributed by atoms with van der Waals surface area (Å²) < 4.78 is 6.81. The summed E-state index contributed by atoms with van der Waals surface area (Å²) in [5.74, 6) is 0. The number of hydrogen-bond acceptors (Lipinski definition) is 3. The van der Waals surface area contributed by atoms with E-state index in [4.69, 9.17) is 4.74 Å². The average Bonchev–Trinajstić information content (AvgIpc) is 2.58. The van der Waals surface area contributed by atoms with Crippen molar-refractivity contribution in [3.8, 4) is 0 Å². The summed E-state index contributed by atoms with van der Waals surface area (Å²) in [7, 11) is 0. The minimum Gasteiger partial charge on any atom is -0.376 e. The fourth-order valence-electron chi connectivity index (χ4n) is 2.07. The summed E-state index contributed by atoms with van der Waals surface area (Å²) in [6, 6.07) is 0. The van der Waals surface area contributed by atoms with E-state index in [0.717, 1.165) is 29.0 Å². The maximum absolute atomic E-state index is 12.2. The third-order valence-electron chi connectivity index (χ3n) is 3.17. The first-order valence-electron chi connectivity index (χ1n) is 5.36. The molecule has 1 aliphatic heterocycles. The summed E-state index contributed by atoms with van der Waals surface area (Å²) in [4.78, 5) is 16.7. The molecule has 1 N–H and O–H groups in total. The van der Waals surface area contributed by atoms with Crippen LogP contribution in [0.25, 0.3) is 5.65 Å². The molecule has 0 radical (unpaired) electrons. The highest BCUT2D eigenvalue weighted by atomic mass is 16.5. The SMILES string of the molecule is Cc1[nH]n2c(=O)c3c(nc2c1C)CCOC3. The number of hydrogen-bond donors (Lipinski definition) is 1. The highest BCUT2D eigenvalue weighted by Crippen LogP contribution is 2.15. The topological polar surface area (TPSA) is 59.4 Å². The van der Waals surface area contributed by atoms with Crippen LogP contribution in [0.3, 0.4) is 0 Å². The number of ether oxygens (including phenoxy) is 1. The van der Waals surface area contributed by atoms with Crippen LogP contribution in [-0.2, 0) is 17.8 Å². The van der Waals surface area contributed by atoms with Gasteiger partial charge in [-0.3, -0.25) is 9.89 Å². The Hall–Kier alpha value is -1.62. The van der Waals surface area contributed by atoms with E-state index >= 15 is 0 Å². The van der Waals surface area contributed by atoms with Crippen LogP contribution in [0.5, 0.6) is 0 Å². The molecule has 16 heavy (non-hydrogen) atoms. The van der Waals surface area contributed by atoms with Crippen LogP contribution in [0, 0.1) is 13.8 Å². The van der Waals surface area contributed by atoms with E-state index in [9.17, 15) is 4.79 Å². The smallest absolute Gasteiger partial charge is 0.278 e. The van der Waals surface area contributed by atoms with Gasteiger partial charge in [-0.05, 0) is 13.8 Å². The van der Waals surface area contributed by atoms with Crippen molar-refractivity contribution in [2.45, 2.75) is 26.9 Å². The Morgan fingerprint density at radius 2 is 2.25 bits per heavy atom. The van der Waals surface area contributed by atoms with Crippen molar-refractivity contribution in [3.05, 3.63) is 32.9 Å². The molecule has 0 saturated carbocycles. The van der Waals surface area contributed by atoms with E-state index < -0.39 is 0 Å². The van der Waals surface area contributed by atoms with Crippen molar-refractivity contribution in [3.63, 3.8) is 0 Å². The molecule has 3 rings (SSSR count). The predicted octanol–water partition coefficient (Wildman–Crippen LogP) is 0.712. The van der Waals surface area contributed by atoms with Crippen LogP contribution in [0.1, 0.15) is 22.5 Å². The van der Waals surface area contributed by atoms with Crippen molar-refractivity contribution < 1.29 is 4.74 Å². The second-order valence-corrected chi connectivity index (χ2v) is 4.17. The number of nitrogens with one attached hydrogen (secondary N) is 1. The lowest BCUT2D eigenvalue weighted by molar-refractivity contribution is 0.108. The Labute approximate surface area is 92.1 Å². The van der Waals surface area contributed by atoms with Crippen molar-refractivity contribution in [1.29, 1.82) is 0 Å². The lowest BCUT2D eigenvalue weighted by Gasteiger charge is -2.14. The molecule has 0 fully saturated rings. The normalized spacial score (nSPS) is 15.4. The first-order valence-corrected chi connectivity index (χ1v) is 5.36. The van der Waals surface area contributed by atoms with Crippen LogP contribution in [-0.4, -0.2) is 21.2 Å². The van der Waals surface area contributed by atoms with Crippen molar-refractivity contribution in [1.82, 2.24) is 14.6 Å². The molecule has 0 atom stereocenters. The van der Waals surface area contributed by atoms with Crippen molar-refractivity contribution in [2.24, 2.45) is 0 Å². The molecule has 0 unspecified atom stereocenters. The van der Waals surface area contributed by atoms with E-state index in [1.54, 1.807) is 0 Å². The average molecular weight is 219 g/mol. The van der Waals surface area contributed by atoms with Gasteiger partial charge in [0.2, 0.25) is 0 Å². The van der Waals surface area contributed by atoms with Gasteiger partial charge in [-0.15, -0.1) is 0 Å². The van der Waals surface area contributed by atoms with Gasteiger partial charge in [0.15, 0.2) is 5.65 Å². The summed E-state index contributed by atoms with van der Waals surface area (Å²) in [6.07, 6.45) is 0.727. The maximum atomic E-state index is 12.2. The number of rotatable bonds is 0. The largest absolute Gasteiger partial charge is 0.376 e. The summed E-state index contributed by atoms with van der Waals surface area (Å²) >= 11 is 0. The van der Waals surface area contributed by atoms with Gasteiger partial charge in [0.25, 0.3) is 5.56 Å². The van der Waals surface area contributed by atoms with E-state index in [-0.39, 0.29) is 5.56 Å². The zero-order valence-corrected chi connectivity index (χ0v) is 9.33. The molecule has 2 aromatic heterocycles. The molecule has 0 aromatic carbocycles. The number of H-pyrrole nitrogens is 1. The first-order chi connectivity index (χ1) is 7.68. The number of nitrogens with zero attached hydrogens (tertiary/aromatic N) is 2. The molecule has 0 saturated heterocycles. The highest BCUT2D eigenvalue weighted by molar-refractivity contribution is 5.50. The van der Waals surface area contributed by atoms with Gasteiger partial charge in [0.05, 0.1) is 24.5 Å². The predicted molar refractivity (Wildman–Crippen MR) is 58.6 cm³/mol. The lowest BCUT2D eigenvalue weighted by Crippen LogP contribution is -2.27. The molecule has 0 spiro atoms. The fraction of sp³-hybridized carbons (Fsp3) is 0.455. The molecular weight excluding hydrogens is 206 g/mol. The first kappa shape index (κ1) is 9.59. The van der Waals surface area contributed by atoms with Gasteiger partial charge in [-0.2, -0.15) is 0 Å². The minimum absolute atomic E-state index is 0.0316. The lowest BCUT2D eigenvalue weighted by atomic mass is 10.1. The van der Waals surface area contributed by atoms with E-state index in [1.165, 1.54) is 4.52 Å². The molecule has 5 heteroatoms. The van der Waals surface area contributed by atoms with Crippen LogP contribution >= 0.6 is 0 Å². The van der Waals surface area contributed by atoms with Gasteiger partial charge in [0.1, 0.15) is 0 Å². The number of aromatic nitrogens is 3. The summed E-state index contributed by atoms with van der Waals surface area (Å²) in [6.45, 7) is 4.94. The highest BCUT2D eigenvalue weighted by Gasteiger charge is 2.18. The molecule has 84 valence electrons.